The number of likely N-dealkylation sites (tertiary alicyclic amines) is 1. The molecule has 1 aliphatic heterocycles. The Labute approximate surface area is 282 Å². The van der Waals surface area contributed by atoms with E-state index in [4.69, 9.17) is 9.47 Å². The van der Waals surface area contributed by atoms with Gasteiger partial charge in [-0.05, 0) is 101 Å². The highest BCUT2D eigenvalue weighted by Gasteiger charge is 2.23. The number of hydrogen-bond acceptors (Lipinski definition) is 6. The van der Waals surface area contributed by atoms with Gasteiger partial charge in [0, 0.05) is 25.6 Å². The van der Waals surface area contributed by atoms with Crippen molar-refractivity contribution in [3.8, 4) is 31.4 Å². The number of hydrogen-bond donors (Lipinski definition) is 1. The maximum absolute atomic E-state index is 12.2. The number of carbonyl (C=O) groups excluding carboxylic acids is 2. The lowest BCUT2D eigenvalue weighted by molar-refractivity contribution is -0.129. The monoisotopic (exact) mass is 653 g/mol. The predicted octanol–water partition coefficient (Wildman–Crippen LogP) is 6.95. The highest BCUT2D eigenvalue weighted by atomic mass is 19.1. The number of nitrogens with zero attached hydrogens (tertiary/aromatic N) is 2. The molecule has 1 saturated heterocycles. The highest BCUT2D eigenvalue weighted by molar-refractivity contribution is 5.80. The maximum Gasteiger partial charge on any atom is 0.223 e. The van der Waals surface area contributed by atoms with Crippen molar-refractivity contribution < 1.29 is 27.8 Å². The zero-order chi connectivity index (χ0) is 36.5. The molecule has 9 heteroatoms. The number of allylic oxidation sites excluding steroid dienone is 1. The fourth-order valence-electron chi connectivity index (χ4n) is 4.09. The van der Waals surface area contributed by atoms with E-state index in [1.54, 1.807) is 31.1 Å². The van der Waals surface area contributed by atoms with E-state index in [-0.39, 0.29) is 18.6 Å². The molecule has 1 atom stereocenters. The van der Waals surface area contributed by atoms with E-state index in [0.717, 1.165) is 63.4 Å². The van der Waals surface area contributed by atoms with Gasteiger partial charge in [-0.3, -0.25) is 4.79 Å². The first-order chi connectivity index (χ1) is 22.7. The van der Waals surface area contributed by atoms with Crippen LogP contribution < -0.4 is 10.1 Å². The van der Waals surface area contributed by atoms with Gasteiger partial charge >= 0.3 is 0 Å². The molecule has 0 bridgehead atoms. The minimum Gasteiger partial charge on any atom is -0.497 e. The van der Waals surface area contributed by atoms with Crippen molar-refractivity contribution >= 4 is 18.9 Å². The van der Waals surface area contributed by atoms with Gasteiger partial charge in [0.25, 0.3) is 0 Å². The molecule has 1 N–H and O–H groups in total. The molecule has 0 unspecified atom stereocenters. The molecule has 1 amide bonds. The molecule has 1 fully saturated rings. The fourth-order valence-corrected chi connectivity index (χ4v) is 4.09. The molecule has 0 aromatic heterocycles. The fraction of sp³-hybridized carbons (Fsp3) is 0.395. The van der Waals surface area contributed by atoms with Crippen molar-refractivity contribution in [3.05, 3.63) is 90.0 Å². The molecule has 1 aliphatic carbocycles. The Kier molecular flexibility index (Phi) is 32.7. The van der Waals surface area contributed by atoms with Crippen LogP contribution >= 0.6 is 0 Å². The summed E-state index contributed by atoms with van der Waals surface area (Å²) < 4.78 is 35.3. The number of fused-ring (bicyclic) bond motifs is 1. The van der Waals surface area contributed by atoms with Crippen LogP contribution in [0.3, 0.4) is 0 Å². The molecule has 1 heterocycles. The normalized spacial score (nSPS) is 13.0. The Balaban J connectivity index is -0.000000534. The van der Waals surface area contributed by atoms with Gasteiger partial charge < -0.3 is 29.5 Å². The topological polar surface area (TPSA) is 80.2 Å². The summed E-state index contributed by atoms with van der Waals surface area (Å²) in [6.45, 7) is 17.5. The summed E-state index contributed by atoms with van der Waals surface area (Å²) in [7, 11) is 3.63. The Morgan fingerprint density at radius 3 is 2.15 bits per heavy atom. The van der Waals surface area contributed by atoms with E-state index >= 15 is 0 Å². The lowest BCUT2D eigenvalue weighted by atomic mass is 10.1. The van der Waals surface area contributed by atoms with E-state index in [1.807, 2.05) is 20.0 Å². The number of nitrogens with one attached hydrogen (secondary N) is 1. The van der Waals surface area contributed by atoms with Gasteiger partial charge in [-0.15, -0.1) is 38.9 Å². The zero-order valence-electron chi connectivity index (χ0n) is 28.6. The van der Waals surface area contributed by atoms with Crippen molar-refractivity contribution in [2.75, 3.05) is 46.9 Å². The molecule has 2 aliphatic rings. The second kappa shape index (κ2) is 32.8. The second-order valence-corrected chi connectivity index (χ2v) is 9.58. The lowest BCUT2D eigenvalue weighted by Gasteiger charge is -2.11. The number of halogens is 2. The van der Waals surface area contributed by atoms with Crippen LogP contribution in [0.5, 0.6) is 5.75 Å². The van der Waals surface area contributed by atoms with Gasteiger partial charge in [0.2, 0.25) is 5.91 Å². The van der Waals surface area contributed by atoms with Crippen LogP contribution in [-0.2, 0) is 20.7 Å². The van der Waals surface area contributed by atoms with Crippen LogP contribution in [0.25, 0.3) is 0 Å². The number of benzene rings is 2. The average molecular weight is 654 g/mol. The zero-order valence-corrected chi connectivity index (χ0v) is 28.6. The summed E-state index contributed by atoms with van der Waals surface area (Å²) in [5.74, 6) is 0.000204. The smallest absolute Gasteiger partial charge is 0.223 e. The van der Waals surface area contributed by atoms with E-state index in [0.29, 0.717) is 18.6 Å². The van der Waals surface area contributed by atoms with E-state index in [9.17, 15) is 18.4 Å². The lowest BCUT2D eigenvalue weighted by Crippen LogP contribution is -2.26. The second-order valence-electron chi connectivity index (χ2n) is 9.58. The number of aliphatic imine (C=N–C) groups is 1. The molecular formula is C38H53F2N3O4. The largest absolute Gasteiger partial charge is 0.497 e. The van der Waals surface area contributed by atoms with Crippen LogP contribution in [0.15, 0.2) is 66.7 Å². The Morgan fingerprint density at radius 2 is 1.70 bits per heavy atom. The number of carbonyl (C=O) groups is 2. The quantitative estimate of drug-likeness (QED) is 0.0987. The Morgan fingerprint density at radius 1 is 1.09 bits per heavy atom. The Hall–Kier alpha value is -4.57. The van der Waals surface area contributed by atoms with Crippen molar-refractivity contribution in [1.82, 2.24) is 10.2 Å². The third-order valence-corrected chi connectivity index (χ3v) is 6.00. The molecular weight excluding hydrogens is 600 g/mol. The molecule has 258 valence electrons. The third kappa shape index (κ3) is 23.4. The minimum atomic E-state index is -0.521. The summed E-state index contributed by atoms with van der Waals surface area (Å²) in [6, 6.07) is 9.62. The van der Waals surface area contributed by atoms with E-state index < -0.39 is 11.6 Å². The molecule has 47 heavy (non-hydrogen) atoms. The standard InChI is InChI=1S/C13H16O2.C7H6F2.C6H9NO2.C5H12N2.C3H6.2C2H2/c1-3-8-15-13-7-4-10-9-11(14-2)5-6-12(10)13;1-5-2-6(8)4-7(9)3-5;8-5-4-7-3-1-2-6(7)9;1-6-4-3-5-7-2;1-3-2;2*1-2/h3,5-6,9,13H,1,4,7-8H2,2H3;2-4H,1H3;5H,1-4H2;7H,1,3-5H2,2H3;3H,1H2,2H3;2*1-2H/t13-;;;;;;/m1....../s1. The molecule has 0 radical (unpaired) electrons. The molecule has 2 aromatic rings. The number of methoxy groups -OCH3 is 1. The first-order valence-corrected chi connectivity index (χ1v) is 15.0. The van der Waals surface area contributed by atoms with Gasteiger partial charge in [-0.25, -0.2) is 8.78 Å². The van der Waals surface area contributed by atoms with Gasteiger partial charge in [0.15, 0.2) is 0 Å². The summed E-state index contributed by atoms with van der Waals surface area (Å²) in [5, 5.41) is 3.01. The summed E-state index contributed by atoms with van der Waals surface area (Å²) in [4.78, 5) is 25.9. The molecule has 2 aromatic carbocycles. The maximum atomic E-state index is 12.2. The van der Waals surface area contributed by atoms with Gasteiger partial charge in [0.1, 0.15) is 23.7 Å². The van der Waals surface area contributed by atoms with Crippen LogP contribution in [0.4, 0.5) is 8.78 Å². The van der Waals surface area contributed by atoms with Crippen molar-refractivity contribution in [3.63, 3.8) is 0 Å². The molecule has 7 nitrogen and oxygen atoms in total. The van der Waals surface area contributed by atoms with Crippen molar-refractivity contribution in [1.29, 1.82) is 0 Å². The third-order valence-electron chi connectivity index (χ3n) is 6.00. The number of terminal acetylenes is 2. The van der Waals surface area contributed by atoms with Crippen LogP contribution in [0.2, 0.25) is 0 Å². The highest BCUT2D eigenvalue weighted by Crippen LogP contribution is 2.35. The molecule has 0 saturated carbocycles. The Bertz CT molecular complexity index is 1140. The first-order valence-electron chi connectivity index (χ1n) is 15.0. The van der Waals surface area contributed by atoms with E-state index in [2.05, 4.69) is 68.0 Å². The minimum absolute atomic E-state index is 0.113. The average Bonchev–Trinajstić information content (AvgIpc) is 3.67. The number of amides is 1. The number of aryl methyl sites for hydroxylation is 2. The number of rotatable bonds is 10. The van der Waals surface area contributed by atoms with Gasteiger partial charge in [0.05, 0.1) is 26.4 Å². The van der Waals surface area contributed by atoms with Crippen molar-refractivity contribution in [2.24, 2.45) is 4.99 Å². The number of aldehydes is 1. The summed E-state index contributed by atoms with van der Waals surface area (Å²) >= 11 is 0. The SMILES string of the molecule is C#C.C#C.C=CC.C=CCO[C@@H]1CCc2cc(OC)ccc21.C=NCCCNC.Cc1cc(F)cc(F)c1.O=CCN1CCCC1=O. The number of ether oxygens (including phenoxy) is 2. The molecule has 4 rings (SSSR count). The van der Waals surface area contributed by atoms with E-state index in [1.165, 1.54) is 23.3 Å². The summed E-state index contributed by atoms with van der Waals surface area (Å²) in [6.07, 6.45) is 25.3. The summed E-state index contributed by atoms with van der Waals surface area (Å²) in [5.41, 5.74) is 3.26. The first kappa shape index (κ1) is 46.8. The van der Waals surface area contributed by atoms with Gasteiger partial charge in [-0.2, -0.15) is 0 Å². The van der Waals surface area contributed by atoms with Crippen LogP contribution in [0.1, 0.15) is 55.4 Å². The van der Waals surface area contributed by atoms with Crippen molar-refractivity contribution in [2.45, 2.75) is 52.1 Å². The predicted molar refractivity (Wildman–Crippen MR) is 192 cm³/mol. The van der Waals surface area contributed by atoms with Crippen LogP contribution in [-0.4, -0.2) is 70.8 Å². The van der Waals surface area contributed by atoms with Crippen LogP contribution in [0, 0.1) is 44.3 Å². The molecule has 0 spiro atoms. The van der Waals surface area contributed by atoms with Gasteiger partial charge in [-0.1, -0.05) is 18.2 Å².